The zero-order valence-corrected chi connectivity index (χ0v) is 15.8. The van der Waals surface area contributed by atoms with Crippen LogP contribution in [0.15, 0.2) is 41.3 Å². The minimum absolute atomic E-state index is 0.0887. The van der Waals surface area contributed by atoms with Crippen LogP contribution in [0.3, 0.4) is 0 Å². The first-order valence-electron chi connectivity index (χ1n) is 7.24. The third kappa shape index (κ3) is 4.33. The van der Waals surface area contributed by atoms with Gasteiger partial charge in [-0.2, -0.15) is 0 Å². The summed E-state index contributed by atoms with van der Waals surface area (Å²) in [5.74, 6) is -1.04. The molecule has 0 aliphatic rings. The molecule has 0 heterocycles. The van der Waals surface area contributed by atoms with Crippen molar-refractivity contribution in [3.05, 3.63) is 52.5 Å². The Kier molecular flexibility index (Phi) is 5.89. The second kappa shape index (κ2) is 7.76. The van der Waals surface area contributed by atoms with Crippen molar-refractivity contribution >= 4 is 39.0 Å². The van der Waals surface area contributed by atoms with E-state index in [4.69, 9.17) is 16.3 Å². The number of hydrogen-bond acceptors (Lipinski definition) is 6. The number of esters is 1. The van der Waals surface area contributed by atoms with E-state index >= 15 is 0 Å². The number of rotatable bonds is 5. The molecule has 0 saturated carbocycles. The lowest BCUT2D eigenvalue weighted by Gasteiger charge is -2.11. The van der Waals surface area contributed by atoms with Crippen molar-refractivity contribution in [2.24, 2.45) is 0 Å². The Hall–Kier alpha value is -2.58. The molecule has 0 aliphatic carbocycles. The van der Waals surface area contributed by atoms with Crippen molar-refractivity contribution < 1.29 is 27.5 Å². The van der Waals surface area contributed by atoms with Crippen LogP contribution in [0, 0.1) is 0 Å². The molecule has 0 aromatic heterocycles. The van der Waals surface area contributed by atoms with Crippen molar-refractivity contribution in [2.45, 2.75) is 4.90 Å². The van der Waals surface area contributed by atoms with Gasteiger partial charge >= 0.3 is 5.97 Å². The van der Waals surface area contributed by atoms with Crippen LogP contribution in [-0.4, -0.2) is 40.8 Å². The number of nitrogens with one attached hydrogen (secondary N) is 1. The smallest absolute Gasteiger partial charge is 0.337 e. The van der Waals surface area contributed by atoms with Crippen LogP contribution in [-0.2, 0) is 14.6 Å². The highest BCUT2D eigenvalue weighted by Crippen LogP contribution is 2.27. The Balaban J connectivity index is 2.38. The van der Waals surface area contributed by atoms with Crippen molar-refractivity contribution in [3.8, 4) is 5.75 Å². The van der Waals surface area contributed by atoms with E-state index in [1.165, 1.54) is 50.6 Å². The fourth-order valence-electron chi connectivity index (χ4n) is 2.17. The zero-order valence-electron chi connectivity index (χ0n) is 14.2. The van der Waals surface area contributed by atoms with Gasteiger partial charge in [0.2, 0.25) is 0 Å². The lowest BCUT2D eigenvalue weighted by Crippen LogP contribution is -2.14. The molecule has 0 radical (unpaired) electrons. The summed E-state index contributed by atoms with van der Waals surface area (Å²) in [4.78, 5) is 24.0. The van der Waals surface area contributed by atoms with E-state index in [0.29, 0.717) is 0 Å². The molecule has 0 atom stereocenters. The second-order valence-electron chi connectivity index (χ2n) is 5.28. The number of carbonyl (C=O) groups excluding carboxylic acids is 2. The molecule has 26 heavy (non-hydrogen) atoms. The number of sulfone groups is 1. The summed E-state index contributed by atoms with van der Waals surface area (Å²) in [6, 6.07) is 8.28. The topological polar surface area (TPSA) is 98.8 Å². The summed E-state index contributed by atoms with van der Waals surface area (Å²) in [5.41, 5.74) is 0.487. The summed E-state index contributed by atoms with van der Waals surface area (Å²) in [6.45, 7) is 0. The fraction of sp³-hybridized carbons (Fsp3) is 0.176. The van der Waals surface area contributed by atoms with Gasteiger partial charge in [-0.15, -0.1) is 0 Å². The van der Waals surface area contributed by atoms with Gasteiger partial charge in [0.15, 0.2) is 9.84 Å². The molecule has 7 nitrogen and oxygen atoms in total. The van der Waals surface area contributed by atoms with Gasteiger partial charge in [0.05, 0.1) is 30.5 Å². The summed E-state index contributed by atoms with van der Waals surface area (Å²) in [5, 5.41) is 2.76. The molecule has 9 heteroatoms. The normalized spacial score (nSPS) is 10.9. The van der Waals surface area contributed by atoms with E-state index in [1.54, 1.807) is 0 Å². The van der Waals surface area contributed by atoms with Gasteiger partial charge in [-0.3, -0.25) is 4.79 Å². The fourth-order valence-corrected chi connectivity index (χ4v) is 3.19. The first kappa shape index (κ1) is 19.7. The predicted molar refractivity (Wildman–Crippen MR) is 96.8 cm³/mol. The Morgan fingerprint density at radius 3 is 2.27 bits per heavy atom. The highest BCUT2D eigenvalue weighted by atomic mass is 35.5. The molecule has 2 aromatic rings. The van der Waals surface area contributed by atoms with Crippen molar-refractivity contribution in [3.63, 3.8) is 0 Å². The maximum absolute atomic E-state index is 12.5. The number of anilines is 1. The molecule has 0 spiro atoms. The minimum atomic E-state index is -3.60. The first-order valence-corrected chi connectivity index (χ1v) is 9.51. The average Bonchev–Trinajstić information content (AvgIpc) is 2.61. The number of hydrogen-bond donors (Lipinski definition) is 1. The first-order chi connectivity index (χ1) is 12.2. The lowest BCUT2D eigenvalue weighted by molar-refractivity contribution is 0.0600. The summed E-state index contributed by atoms with van der Waals surface area (Å²) in [6.07, 6.45) is 1.02. The van der Waals surface area contributed by atoms with Gasteiger partial charge < -0.3 is 14.8 Å². The molecule has 138 valence electrons. The molecule has 0 unspecified atom stereocenters. The van der Waals surface area contributed by atoms with Crippen molar-refractivity contribution in [1.29, 1.82) is 0 Å². The van der Waals surface area contributed by atoms with Crippen LogP contribution in [0.1, 0.15) is 20.7 Å². The summed E-state index contributed by atoms with van der Waals surface area (Å²) in [7, 11) is -1.03. The van der Waals surface area contributed by atoms with E-state index in [9.17, 15) is 18.0 Å². The summed E-state index contributed by atoms with van der Waals surface area (Å²) < 4.78 is 33.4. The lowest BCUT2D eigenvalue weighted by atomic mass is 10.1. The molecule has 2 rings (SSSR count). The number of carbonyl (C=O) groups is 2. The van der Waals surface area contributed by atoms with Crippen molar-refractivity contribution in [2.75, 3.05) is 25.8 Å². The molecular weight excluding hydrogens is 382 g/mol. The molecule has 0 bridgehead atoms. The van der Waals surface area contributed by atoms with Crippen LogP contribution in [0.25, 0.3) is 0 Å². The molecule has 1 N–H and O–H groups in total. The SMILES string of the molecule is COC(=O)c1ccc(Cl)c(NC(=O)c2ccc(OC)c(S(C)(=O)=O)c2)c1. The molecule has 0 fully saturated rings. The third-order valence-electron chi connectivity index (χ3n) is 3.46. The number of benzene rings is 2. The molecule has 1 amide bonds. The molecular formula is C17H16ClNO6S. The van der Waals surface area contributed by atoms with Crippen LogP contribution < -0.4 is 10.1 Å². The van der Waals surface area contributed by atoms with Gasteiger partial charge in [0, 0.05) is 11.8 Å². The number of amides is 1. The maximum atomic E-state index is 12.5. The van der Waals surface area contributed by atoms with Gasteiger partial charge in [-0.1, -0.05) is 11.6 Å². The Morgan fingerprint density at radius 2 is 1.69 bits per heavy atom. The summed E-state index contributed by atoms with van der Waals surface area (Å²) >= 11 is 6.04. The Labute approximate surface area is 155 Å². The van der Waals surface area contributed by atoms with Crippen LogP contribution >= 0.6 is 11.6 Å². The van der Waals surface area contributed by atoms with Crippen molar-refractivity contribution in [1.82, 2.24) is 0 Å². The van der Waals surface area contributed by atoms with Crippen LogP contribution in [0.4, 0.5) is 5.69 Å². The largest absolute Gasteiger partial charge is 0.495 e. The van der Waals surface area contributed by atoms with E-state index in [2.05, 4.69) is 10.1 Å². The van der Waals surface area contributed by atoms with E-state index in [-0.39, 0.29) is 32.5 Å². The second-order valence-corrected chi connectivity index (χ2v) is 7.67. The van der Waals surface area contributed by atoms with Gasteiger partial charge in [0.1, 0.15) is 10.6 Å². The van der Waals surface area contributed by atoms with Gasteiger partial charge in [0.25, 0.3) is 5.91 Å². The van der Waals surface area contributed by atoms with E-state index in [1.807, 2.05) is 0 Å². The highest BCUT2D eigenvalue weighted by Gasteiger charge is 2.18. The van der Waals surface area contributed by atoms with Gasteiger partial charge in [-0.05, 0) is 36.4 Å². The van der Waals surface area contributed by atoms with Gasteiger partial charge in [-0.25, -0.2) is 13.2 Å². The molecule has 0 aliphatic heterocycles. The number of halogens is 1. The number of methoxy groups -OCH3 is 2. The standard InChI is InChI=1S/C17H16ClNO6S/c1-24-14-7-5-10(9-15(14)26(3,22)23)16(20)19-13-8-11(17(21)25-2)4-6-12(13)18/h4-9H,1-3H3,(H,19,20). The van der Waals surface area contributed by atoms with E-state index in [0.717, 1.165) is 6.26 Å². The average molecular weight is 398 g/mol. The third-order valence-corrected chi connectivity index (χ3v) is 4.91. The zero-order chi connectivity index (χ0) is 19.5. The molecule has 2 aromatic carbocycles. The monoisotopic (exact) mass is 397 g/mol. The Morgan fingerprint density at radius 1 is 1.04 bits per heavy atom. The molecule has 0 saturated heterocycles. The van der Waals surface area contributed by atoms with Crippen LogP contribution in [0.5, 0.6) is 5.75 Å². The number of ether oxygens (including phenoxy) is 2. The van der Waals surface area contributed by atoms with E-state index < -0.39 is 21.7 Å². The highest BCUT2D eigenvalue weighted by molar-refractivity contribution is 7.90. The quantitative estimate of drug-likeness (QED) is 0.779. The predicted octanol–water partition coefficient (Wildman–Crippen LogP) is 2.79. The maximum Gasteiger partial charge on any atom is 0.337 e. The van der Waals surface area contributed by atoms with Crippen LogP contribution in [0.2, 0.25) is 5.02 Å². The Bertz CT molecular complexity index is 971. The minimum Gasteiger partial charge on any atom is -0.495 e.